The first kappa shape index (κ1) is 15.9. The molecule has 5 nitrogen and oxygen atoms in total. The molecule has 2 heterocycles. The molecule has 1 saturated heterocycles. The molecular formula is C16H26N4O. The third-order valence-corrected chi connectivity index (χ3v) is 4.14. The maximum atomic E-state index is 12.3. The molecule has 0 bridgehead atoms. The van der Waals surface area contributed by atoms with E-state index in [0.717, 1.165) is 30.8 Å². The molecule has 0 aromatic carbocycles. The number of likely N-dealkylation sites (N-methyl/N-ethyl adjacent to an activating group) is 2. The van der Waals surface area contributed by atoms with E-state index in [1.165, 1.54) is 0 Å². The van der Waals surface area contributed by atoms with Crippen molar-refractivity contribution in [2.75, 3.05) is 40.8 Å². The minimum absolute atomic E-state index is 0.184. The van der Waals surface area contributed by atoms with Gasteiger partial charge in [-0.2, -0.15) is 0 Å². The van der Waals surface area contributed by atoms with Crippen LogP contribution in [0.4, 0.5) is 0 Å². The Kier molecular flexibility index (Phi) is 5.31. The molecule has 116 valence electrons. The highest BCUT2D eigenvalue weighted by Crippen LogP contribution is 2.13. The maximum Gasteiger partial charge on any atom is 0.236 e. The van der Waals surface area contributed by atoms with Crippen molar-refractivity contribution in [3.05, 3.63) is 29.6 Å². The topological polar surface area (TPSA) is 39.7 Å². The molecule has 1 aromatic heterocycles. The Morgan fingerprint density at radius 2 is 2.19 bits per heavy atom. The van der Waals surface area contributed by atoms with Crippen LogP contribution >= 0.6 is 0 Å². The van der Waals surface area contributed by atoms with Crippen LogP contribution in [0.2, 0.25) is 0 Å². The van der Waals surface area contributed by atoms with Gasteiger partial charge in [0.05, 0.1) is 6.54 Å². The second-order valence-corrected chi connectivity index (χ2v) is 6.20. The molecule has 1 amide bonds. The van der Waals surface area contributed by atoms with Crippen LogP contribution in [0, 0.1) is 6.92 Å². The van der Waals surface area contributed by atoms with Gasteiger partial charge in [-0.15, -0.1) is 0 Å². The summed E-state index contributed by atoms with van der Waals surface area (Å²) in [7, 11) is 6.08. The van der Waals surface area contributed by atoms with Gasteiger partial charge in [0.1, 0.15) is 0 Å². The van der Waals surface area contributed by atoms with E-state index in [1.54, 1.807) is 11.1 Å². The minimum atomic E-state index is 0.184. The van der Waals surface area contributed by atoms with Crippen LogP contribution in [0.1, 0.15) is 17.7 Å². The van der Waals surface area contributed by atoms with Crippen molar-refractivity contribution in [2.24, 2.45) is 0 Å². The van der Waals surface area contributed by atoms with E-state index in [9.17, 15) is 4.79 Å². The summed E-state index contributed by atoms with van der Waals surface area (Å²) in [5.41, 5.74) is 2.12. The SMILES string of the molecule is Cc1cc(CN(C)C(=O)CN2CC[C@@H](N(C)C)C2)ccn1. The normalized spacial score (nSPS) is 19.2. The van der Waals surface area contributed by atoms with E-state index in [0.29, 0.717) is 19.1 Å². The standard InChI is InChI=1S/C16H26N4O/c1-13-9-14(5-7-17-13)10-19(4)16(21)12-20-8-6-15(11-20)18(2)3/h5,7,9,15H,6,8,10-12H2,1-4H3/t15-/m1/s1. The number of amides is 1. The van der Waals surface area contributed by atoms with Crippen LogP contribution in [0.5, 0.6) is 0 Å². The van der Waals surface area contributed by atoms with Crippen molar-refractivity contribution < 1.29 is 4.79 Å². The summed E-state index contributed by atoms with van der Waals surface area (Å²) in [5.74, 6) is 0.184. The Morgan fingerprint density at radius 1 is 1.43 bits per heavy atom. The zero-order valence-electron chi connectivity index (χ0n) is 13.5. The van der Waals surface area contributed by atoms with E-state index >= 15 is 0 Å². The van der Waals surface area contributed by atoms with Crippen molar-refractivity contribution in [3.8, 4) is 0 Å². The fraction of sp³-hybridized carbons (Fsp3) is 0.625. The van der Waals surface area contributed by atoms with Crippen LogP contribution in [-0.2, 0) is 11.3 Å². The van der Waals surface area contributed by atoms with Gasteiger partial charge in [-0.05, 0) is 45.1 Å². The van der Waals surface area contributed by atoms with Crippen LogP contribution < -0.4 is 0 Å². The predicted molar refractivity (Wildman–Crippen MR) is 84.0 cm³/mol. The summed E-state index contributed by atoms with van der Waals surface area (Å²) in [6.07, 6.45) is 2.94. The summed E-state index contributed by atoms with van der Waals surface area (Å²) in [6.45, 7) is 5.13. The van der Waals surface area contributed by atoms with Crippen molar-refractivity contribution >= 4 is 5.91 Å². The second kappa shape index (κ2) is 7.00. The van der Waals surface area contributed by atoms with E-state index < -0.39 is 0 Å². The van der Waals surface area contributed by atoms with E-state index in [-0.39, 0.29) is 5.91 Å². The number of aromatic nitrogens is 1. The number of rotatable bonds is 5. The molecule has 5 heteroatoms. The lowest BCUT2D eigenvalue weighted by atomic mass is 10.2. The van der Waals surface area contributed by atoms with Gasteiger partial charge < -0.3 is 9.80 Å². The molecule has 0 N–H and O–H groups in total. The third-order valence-electron chi connectivity index (χ3n) is 4.14. The fourth-order valence-electron chi connectivity index (χ4n) is 2.75. The molecule has 1 aliphatic rings. The number of aryl methyl sites for hydroxylation is 1. The van der Waals surface area contributed by atoms with E-state index in [4.69, 9.17) is 0 Å². The number of hydrogen-bond acceptors (Lipinski definition) is 4. The molecular weight excluding hydrogens is 264 g/mol. The Labute approximate surface area is 127 Å². The molecule has 21 heavy (non-hydrogen) atoms. The number of carbonyl (C=O) groups is 1. The molecule has 1 aromatic rings. The highest BCUT2D eigenvalue weighted by molar-refractivity contribution is 5.78. The van der Waals surface area contributed by atoms with Crippen LogP contribution in [0.25, 0.3) is 0 Å². The number of hydrogen-bond donors (Lipinski definition) is 0. The van der Waals surface area contributed by atoms with Gasteiger partial charge in [-0.3, -0.25) is 14.7 Å². The number of pyridine rings is 1. The minimum Gasteiger partial charge on any atom is -0.340 e. The van der Waals surface area contributed by atoms with E-state index in [2.05, 4.69) is 28.9 Å². The fourth-order valence-corrected chi connectivity index (χ4v) is 2.75. The Hall–Kier alpha value is -1.46. The average Bonchev–Trinajstić information content (AvgIpc) is 2.87. The van der Waals surface area contributed by atoms with E-state index in [1.807, 2.05) is 26.1 Å². The predicted octanol–water partition coefficient (Wildman–Crippen LogP) is 0.984. The van der Waals surface area contributed by atoms with Crippen molar-refractivity contribution in [1.29, 1.82) is 0 Å². The molecule has 0 radical (unpaired) electrons. The first-order chi connectivity index (χ1) is 9.95. The van der Waals surface area contributed by atoms with Crippen LogP contribution in [0.15, 0.2) is 18.3 Å². The molecule has 0 saturated carbocycles. The van der Waals surface area contributed by atoms with Crippen LogP contribution in [0.3, 0.4) is 0 Å². The highest BCUT2D eigenvalue weighted by Gasteiger charge is 2.26. The lowest BCUT2D eigenvalue weighted by Gasteiger charge is -2.23. The van der Waals surface area contributed by atoms with Gasteiger partial charge in [0.25, 0.3) is 0 Å². The lowest BCUT2D eigenvalue weighted by molar-refractivity contribution is -0.131. The third kappa shape index (κ3) is 4.51. The first-order valence-corrected chi connectivity index (χ1v) is 7.50. The van der Waals surface area contributed by atoms with Crippen molar-refractivity contribution in [1.82, 2.24) is 19.7 Å². The van der Waals surface area contributed by atoms with Crippen molar-refractivity contribution in [3.63, 3.8) is 0 Å². The molecule has 1 aliphatic heterocycles. The first-order valence-electron chi connectivity index (χ1n) is 7.50. The van der Waals surface area contributed by atoms with Gasteiger partial charge in [-0.1, -0.05) is 0 Å². The quantitative estimate of drug-likeness (QED) is 0.810. The van der Waals surface area contributed by atoms with Crippen LogP contribution in [-0.4, -0.2) is 72.4 Å². The molecule has 1 atom stereocenters. The Morgan fingerprint density at radius 3 is 2.81 bits per heavy atom. The van der Waals surface area contributed by atoms with Crippen molar-refractivity contribution in [2.45, 2.75) is 25.9 Å². The molecule has 0 unspecified atom stereocenters. The van der Waals surface area contributed by atoms with Gasteiger partial charge in [0.15, 0.2) is 0 Å². The Bertz CT molecular complexity index is 489. The lowest BCUT2D eigenvalue weighted by Crippen LogP contribution is -2.38. The highest BCUT2D eigenvalue weighted by atomic mass is 16.2. The van der Waals surface area contributed by atoms with Gasteiger partial charge in [0, 0.05) is 44.6 Å². The number of likely N-dealkylation sites (tertiary alicyclic amines) is 1. The average molecular weight is 290 g/mol. The Balaban J connectivity index is 1.83. The number of nitrogens with zero attached hydrogens (tertiary/aromatic N) is 4. The molecule has 0 spiro atoms. The summed E-state index contributed by atoms with van der Waals surface area (Å²) in [6, 6.07) is 4.57. The maximum absolute atomic E-state index is 12.3. The zero-order chi connectivity index (χ0) is 15.4. The number of carbonyl (C=O) groups excluding carboxylic acids is 1. The second-order valence-electron chi connectivity index (χ2n) is 6.20. The van der Waals surface area contributed by atoms with Gasteiger partial charge in [0.2, 0.25) is 5.91 Å². The smallest absolute Gasteiger partial charge is 0.236 e. The summed E-state index contributed by atoms with van der Waals surface area (Å²) in [5, 5.41) is 0. The van der Waals surface area contributed by atoms with Gasteiger partial charge in [-0.25, -0.2) is 0 Å². The molecule has 0 aliphatic carbocycles. The monoisotopic (exact) mass is 290 g/mol. The zero-order valence-corrected chi connectivity index (χ0v) is 13.5. The summed E-state index contributed by atoms with van der Waals surface area (Å²) < 4.78 is 0. The molecule has 1 fully saturated rings. The van der Waals surface area contributed by atoms with Gasteiger partial charge >= 0.3 is 0 Å². The largest absolute Gasteiger partial charge is 0.340 e. The summed E-state index contributed by atoms with van der Waals surface area (Å²) in [4.78, 5) is 22.8. The summed E-state index contributed by atoms with van der Waals surface area (Å²) >= 11 is 0. The molecule has 2 rings (SSSR count).